The highest BCUT2D eigenvalue weighted by atomic mass is 35.5. The van der Waals surface area contributed by atoms with Crippen LogP contribution >= 0.6 is 23.2 Å². The Bertz CT molecular complexity index is 872. The molecule has 2 amide bonds. The van der Waals surface area contributed by atoms with Crippen LogP contribution < -0.4 is 10.7 Å². The molecule has 6 nitrogen and oxygen atoms in total. The molecule has 2 rings (SSSR count). The van der Waals surface area contributed by atoms with Crippen LogP contribution in [0, 0.1) is 13.8 Å². The zero-order chi connectivity index (χ0) is 19.4. The molecule has 1 heterocycles. The van der Waals surface area contributed by atoms with Crippen molar-refractivity contribution in [2.75, 3.05) is 0 Å². The van der Waals surface area contributed by atoms with Crippen molar-refractivity contribution in [1.29, 1.82) is 0 Å². The summed E-state index contributed by atoms with van der Waals surface area (Å²) < 4.78 is 1.97. The molecule has 2 N–H and O–H groups in total. The predicted octanol–water partition coefficient (Wildman–Crippen LogP) is 3.38. The van der Waals surface area contributed by atoms with Crippen molar-refractivity contribution >= 4 is 41.2 Å². The SMILES string of the molecule is Cc1cc(/C=N\NC(=O)C(=O)NC(C)C)c(C)n1-c1ccc(Cl)cc1Cl. The number of nitrogens with zero attached hydrogens (tertiary/aromatic N) is 2. The van der Waals surface area contributed by atoms with Crippen molar-refractivity contribution < 1.29 is 9.59 Å². The molecule has 0 saturated carbocycles. The van der Waals surface area contributed by atoms with Gasteiger partial charge in [0.05, 0.1) is 16.9 Å². The molecule has 1 aromatic heterocycles. The molecule has 0 aliphatic rings. The fraction of sp³-hybridized carbons (Fsp3) is 0.278. The number of amides is 2. The number of halogens is 2. The second-order valence-corrected chi connectivity index (χ2v) is 6.93. The lowest BCUT2D eigenvalue weighted by atomic mass is 10.2. The van der Waals surface area contributed by atoms with Crippen LogP contribution in [0.5, 0.6) is 0 Å². The number of hydrazone groups is 1. The summed E-state index contributed by atoms with van der Waals surface area (Å²) >= 11 is 12.3. The Hall–Kier alpha value is -2.31. The van der Waals surface area contributed by atoms with Crippen LogP contribution in [0.25, 0.3) is 5.69 Å². The first-order valence-corrected chi connectivity index (χ1v) is 8.74. The van der Waals surface area contributed by atoms with E-state index in [4.69, 9.17) is 23.2 Å². The van der Waals surface area contributed by atoms with Gasteiger partial charge in [-0.2, -0.15) is 5.10 Å². The first kappa shape index (κ1) is 20.0. The molecule has 0 atom stereocenters. The average Bonchev–Trinajstić information content (AvgIpc) is 2.81. The van der Waals surface area contributed by atoms with E-state index in [1.165, 1.54) is 6.21 Å². The standard InChI is InChI=1S/C18H20Cl2N4O2/c1-10(2)22-17(25)18(26)23-21-9-13-7-11(3)24(12(13)4)16-6-5-14(19)8-15(16)20/h5-10H,1-4H3,(H,22,25)(H,23,26)/b21-9-. The van der Waals surface area contributed by atoms with E-state index >= 15 is 0 Å². The monoisotopic (exact) mass is 394 g/mol. The lowest BCUT2D eigenvalue weighted by Crippen LogP contribution is -2.41. The largest absolute Gasteiger partial charge is 0.346 e. The lowest BCUT2D eigenvalue weighted by Gasteiger charge is -2.11. The molecule has 0 saturated heterocycles. The quantitative estimate of drug-likeness (QED) is 0.473. The van der Waals surface area contributed by atoms with Crippen LogP contribution in [0.2, 0.25) is 10.0 Å². The number of hydrogen-bond acceptors (Lipinski definition) is 3. The van der Waals surface area contributed by atoms with Gasteiger partial charge in [-0.3, -0.25) is 9.59 Å². The maximum atomic E-state index is 11.7. The van der Waals surface area contributed by atoms with Gasteiger partial charge in [-0.25, -0.2) is 5.43 Å². The number of benzene rings is 1. The minimum atomic E-state index is -0.815. The average molecular weight is 395 g/mol. The number of hydrogen-bond donors (Lipinski definition) is 2. The van der Waals surface area contributed by atoms with Crippen LogP contribution in [0.1, 0.15) is 30.8 Å². The minimum Gasteiger partial charge on any atom is -0.346 e. The molecule has 0 fully saturated rings. The van der Waals surface area contributed by atoms with Gasteiger partial charge in [-0.15, -0.1) is 0 Å². The van der Waals surface area contributed by atoms with E-state index in [1.807, 2.05) is 30.5 Å². The van der Waals surface area contributed by atoms with E-state index < -0.39 is 11.8 Å². The number of aromatic nitrogens is 1. The van der Waals surface area contributed by atoms with Gasteiger partial charge in [0, 0.05) is 28.0 Å². The highest BCUT2D eigenvalue weighted by Gasteiger charge is 2.14. The molecule has 8 heteroatoms. The fourth-order valence-electron chi connectivity index (χ4n) is 2.49. The van der Waals surface area contributed by atoms with Gasteiger partial charge in [0.15, 0.2) is 0 Å². The van der Waals surface area contributed by atoms with Crippen LogP contribution in [0.3, 0.4) is 0 Å². The van der Waals surface area contributed by atoms with Gasteiger partial charge in [0.1, 0.15) is 0 Å². The Morgan fingerprint density at radius 3 is 2.46 bits per heavy atom. The Labute approximate surface area is 162 Å². The zero-order valence-electron chi connectivity index (χ0n) is 14.9. The van der Waals surface area contributed by atoms with Crippen LogP contribution in [0.15, 0.2) is 29.4 Å². The molecule has 0 bridgehead atoms. The van der Waals surface area contributed by atoms with E-state index in [2.05, 4.69) is 15.8 Å². The summed E-state index contributed by atoms with van der Waals surface area (Å²) in [6.07, 6.45) is 1.49. The summed E-state index contributed by atoms with van der Waals surface area (Å²) in [6, 6.07) is 7.07. The second kappa shape index (κ2) is 8.38. The Morgan fingerprint density at radius 2 is 1.85 bits per heavy atom. The number of aryl methyl sites for hydroxylation is 1. The van der Waals surface area contributed by atoms with Crippen molar-refractivity contribution in [2.45, 2.75) is 33.7 Å². The molecular formula is C18H20Cl2N4O2. The van der Waals surface area contributed by atoms with E-state index in [-0.39, 0.29) is 6.04 Å². The summed E-state index contributed by atoms with van der Waals surface area (Å²) in [5.74, 6) is -1.54. The number of nitrogens with one attached hydrogen (secondary N) is 2. The molecule has 0 aliphatic carbocycles. The summed E-state index contributed by atoms with van der Waals surface area (Å²) in [5.41, 5.74) is 5.63. The molecule has 0 unspecified atom stereocenters. The first-order chi connectivity index (χ1) is 12.2. The van der Waals surface area contributed by atoms with E-state index in [0.717, 1.165) is 22.6 Å². The van der Waals surface area contributed by atoms with Crippen LogP contribution in [0.4, 0.5) is 0 Å². The van der Waals surface area contributed by atoms with Crippen molar-refractivity contribution in [2.24, 2.45) is 5.10 Å². The van der Waals surface area contributed by atoms with Gasteiger partial charge in [0.25, 0.3) is 0 Å². The third-order valence-electron chi connectivity index (χ3n) is 3.62. The molecule has 0 spiro atoms. The molecule has 138 valence electrons. The van der Waals surface area contributed by atoms with Crippen LogP contribution in [-0.2, 0) is 9.59 Å². The van der Waals surface area contributed by atoms with Crippen molar-refractivity contribution in [1.82, 2.24) is 15.3 Å². The third kappa shape index (κ3) is 4.65. The molecule has 1 aromatic carbocycles. The van der Waals surface area contributed by atoms with Crippen LogP contribution in [-0.4, -0.2) is 28.6 Å². The highest BCUT2D eigenvalue weighted by molar-refractivity contribution is 6.36. The van der Waals surface area contributed by atoms with E-state index in [0.29, 0.717) is 10.0 Å². The second-order valence-electron chi connectivity index (χ2n) is 6.08. The lowest BCUT2D eigenvalue weighted by molar-refractivity contribution is -0.139. The first-order valence-electron chi connectivity index (χ1n) is 7.99. The number of carbonyl (C=O) groups excluding carboxylic acids is 2. The number of carbonyl (C=O) groups is 2. The van der Waals surface area contributed by atoms with E-state index in [9.17, 15) is 9.59 Å². The summed E-state index contributed by atoms with van der Waals surface area (Å²) in [5, 5.41) is 7.45. The summed E-state index contributed by atoms with van der Waals surface area (Å²) in [7, 11) is 0. The topological polar surface area (TPSA) is 75.5 Å². The van der Waals surface area contributed by atoms with Gasteiger partial charge in [-0.05, 0) is 52.0 Å². The molecular weight excluding hydrogens is 375 g/mol. The van der Waals surface area contributed by atoms with Gasteiger partial charge < -0.3 is 9.88 Å². The van der Waals surface area contributed by atoms with Gasteiger partial charge in [0.2, 0.25) is 0 Å². The fourth-order valence-corrected chi connectivity index (χ4v) is 2.98. The van der Waals surface area contributed by atoms with Crippen molar-refractivity contribution in [3.05, 3.63) is 51.3 Å². The zero-order valence-corrected chi connectivity index (χ0v) is 16.4. The van der Waals surface area contributed by atoms with Crippen molar-refractivity contribution in [3.8, 4) is 5.69 Å². The van der Waals surface area contributed by atoms with Gasteiger partial charge in [-0.1, -0.05) is 23.2 Å². The maximum absolute atomic E-state index is 11.7. The molecule has 0 radical (unpaired) electrons. The maximum Gasteiger partial charge on any atom is 0.329 e. The summed E-state index contributed by atoms with van der Waals surface area (Å²) in [4.78, 5) is 23.2. The normalized spacial score (nSPS) is 11.2. The predicted molar refractivity (Wildman–Crippen MR) is 104 cm³/mol. The van der Waals surface area contributed by atoms with E-state index in [1.54, 1.807) is 26.0 Å². The summed E-state index contributed by atoms with van der Waals surface area (Å²) in [6.45, 7) is 7.38. The third-order valence-corrected chi connectivity index (χ3v) is 4.15. The Balaban J connectivity index is 2.20. The Kier molecular flexibility index (Phi) is 6.45. The van der Waals surface area contributed by atoms with Crippen molar-refractivity contribution in [3.63, 3.8) is 0 Å². The molecule has 2 aromatic rings. The number of rotatable bonds is 4. The smallest absolute Gasteiger partial charge is 0.329 e. The minimum absolute atomic E-state index is 0.125. The van der Waals surface area contributed by atoms with Gasteiger partial charge >= 0.3 is 11.8 Å². The Morgan fingerprint density at radius 1 is 1.15 bits per heavy atom. The molecule has 26 heavy (non-hydrogen) atoms. The molecule has 0 aliphatic heterocycles. The highest BCUT2D eigenvalue weighted by Crippen LogP contribution is 2.28.